The number of hydrogen-bond acceptors (Lipinski definition) is 6. The molecule has 0 aromatic carbocycles. The molecule has 0 unspecified atom stereocenters. The SMILES string of the molecule is CCc1nnc(NC(=O)Cn2cncn2)s1. The lowest BCUT2D eigenvalue weighted by Gasteiger charge is -1.99. The van der Waals surface area contributed by atoms with Crippen molar-refractivity contribution < 1.29 is 4.79 Å². The van der Waals surface area contributed by atoms with Gasteiger partial charge in [-0.2, -0.15) is 5.10 Å². The van der Waals surface area contributed by atoms with Gasteiger partial charge in [0.05, 0.1) is 0 Å². The largest absolute Gasteiger partial charge is 0.299 e. The first kappa shape index (κ1) is 10.7. The summed E-state index contributed by atoms with van der Waals surface area (Å²) in [5.41, 5.74) is 0. The summed E-state index contributed by atoms with van der Waals surface area (Å²) in [7, 11) is 0. The number of carbonyl (C=O) groups is 1. The Morgan fingerprint density at radius 2 is 2.44 bits per heavy atom. The molecule has 2 heterocycles. The fourth-order valence-corrected chi connectivity index (χ4v) is 1.76. The lowest BCUT2D eigenvalue weighted by atomic mass is 10.5. The van der Waals surface area contributed by atoms with Gasteiger partial charge >= 0.3 is 0 Å². The van der Waals surface area contributed by atoms with Crippen LogP contribution in [0, 0.1) is 0 Å². The molecule has 0 aliphatic rings. The van der Waals surface area contributed by atoms with Crippen molar-refractivity contribution in [2.75, 3.05) is 5.32 Å². The number of aromatic nitrogens is 5. The second-order valence-corrected chi connectivity index (χ2v) is 4.06. The van der Waals surface area contributed by atoms with E-state index in [0.717, 1.165) is 11.4 Å². The van der Waals surface area contributed by atoms with Crippen LogP contribution in [0.4, 0.5) is 5.13 Å². The molecular weight excluding hydrogens is 228 g/mol. The van der Waals surface area contributed by atoms with Gasteiger partial charge in [-0.25, -0.2) is 9.67 Å². The van der Waals surface area contributed by atoms with Crippen molar-refractivity contribution in [1.82, 2.24) is 25.0 Å². The van der Waals surface area contributed by atoms with E-state index in [4.69, 9.17) is 0 Å². The molecule has 84 valence electrons. The molecule has 7 nitrogen and oxygen atoms in total. The molecule has 8 heteroatoms. The van der Waals surface area contributed by atoms with Gasteiger partial charge in [-0.1, -0.05) is 18.3 Å². The molecule has 0 saturated carbocycles. The van der Waals surface area contributed by atoms with Crippen LogP contribution in [0.15, 0.2) is 12.7 Å². The lowest BCUT2D eigenvalue weighted by Crippen LogP contribution is -2.18. The van der Waals surface area contributed by atoms with Crippen molar-refractivity contribution in [3.05, 3.63) is 17.7 Å². The van der Waals surface area contributed by atoms with E-state index >= 15 is 0 Å². The second-order valence-electron chi connectivity index (χ2n) is 3.00. The fraction of sp³-hybridized carbons (Fsp3) is 0.375. The number of amides is 1. The summed E-state index contributed by atoms with van der Waals surface area (Å²) >= 11 is 1.37. The second kappa shape index (κ2) is 4.79. The molecule has 1 N–H and O–H groups in total. The molecule has 0 saturated heterocycles. The molecule has 0 radical (unpaired) electrons. The van der Waals surface area contributed by atoms with Crippen LogP contribution in [0.1, 0.15) is 11.9 Å². The van der Waals surface area contributed by atoms with Gasteiger partial charge in [0.2, 0.25) is 11.0 Å². The molecule has 0 bridgehead atoms. The van der Waals surface area contributed by atoms with Crippen LogP contribution in [-0.2, 0) is 17.8 Å². The van der Waals surface area contributed by atoms with Crippen LogP contribution in [0.5, 0.6) is 0 Å². The number of nitrogens with zero attached hydrogens (tertiary/aromatic N) is 5. The van der Waals surface area contributed by atoms with E-state index in [2.05, 4.69) is 25.6 Å². The number of rotatable bonds is 4. The van der Waals surface area contributed by atoms with Gasteiger partial charge in [-0.3, -0.25) is 10.1 Å². The molecule has 2 aromatic heterocycles. The monoisotopic (exact) mass is 238 g/mol. The molecule has 16 heavy (non-hydrogen) atoms. The minimum Gasteiger partial charge on any atom is -0.299 e. The summed E-state index contributed by atoms with van der Waals surface area (Å²) in [5.74, 6) is -0.190. The predicted octanol–water partition coefficient (Wildman–Crippen LogP) is 0.331. The van der Waals surface area contributed by atoms with Crippen molar-refractivity contribution >= 4 is 22.4 Å². The van der Waals surface area contributed by atoms with E-state index in [9.17, 15) is 4.79 Å². The molecule has 0 atom stereocenters. The Bertz CT molecular complexity index is 465. The Balaban J connectivity index is 1.92. The maximum Gasteiger partial charge on any atom is 0.247 e. The van der Waals surface area contributed by atoms with Gasteiger partial charge in [0, 0.05) is 0 Å². The topological polar surface area (TPSA) is 85.6 Å². The molecule has 0 aliphatic carbocycles. The van der Waals surface area contributed by atoms with E-state index < -0.39 is 0 Å². The molecule has 1 amide bonds. The first-order valence-corrected chi connectivity index (χ1v) is 5.54. The highest BCUT2D eigenvalue weighted by Crippen LogP contribution is 2.14. The number of carbonyl (C=O) groups excluding carboxylic acids is 1. The number of anilines is 1. The van der Waals surface area contributed by atoms with Crippen molar-refractivity contribution in [3.63, 3.8) is 0 Å². The molecular formula is C8H10N6OS. The molecule has 0 fully saturated rings. The molecule has 2 aromatic rings. The minimum atomic E-state index is -0.190. The zero-order chi connectivity index (χ0) is 11.4. The molecule has 0 spiro atoms. The third-order valence-corrected chi connectivity index (χ3v) is 2.77. The third kappa shape index (κ3) is 2.60. The van der Waals surface area contributed by atoms with Gasteiger partial charge in [0.25, 0.3) is 0 Å². The van der Waals surface area contributed by atoms with Crippen molar-refractivity contribution in [3.8, 4) is 0 Å². The summed E-state index contributed by atoms with van der Waals surface area (Å²) < 4.78 is 1.44. The van der Waals surface area contributed by atoms with Crippen LogP contribution < -0.4 is 5.32 Å². The van der Waals surface area contributed by atoms with Crippen LogP contribution in [0.2, 0.25) is 0 Å². The number of nitrogens with one attached hydrogen (secondary N) is 1. The maximum atomic E-state index is 11.5. The maximum absolute atomic E-state index is 11.5. The van der Waals surface area contributed by atoms with E-state index in [-0.39, 0.29) is 12.5 Å². The fourth-order valence-electron chi connectivity index (χ4n) is 1.07. The first-order chi connectivity index (χ1) is 7.78. The molecule has 0 aliphatic heterocycles. The first-order valence-electron chi connectivity index (χ1n) is 4.72. The minimum absolute atomic E-state index is 0.126. The van der Waals surface area contributed by atoms with Crippen molar-refractivity contribution in [2.24, 2.45) is 0 Å². The predicted molar refractivity (Wildman–Crippen MR) is 57.9 cm³/mol. The normalized spacial score (nSPS) is 10.3. The molecule has 2 rings (SSSR count). The summed E-state index contributed by atoms with van der Waals surface area (Å²) in [6, 6.07) is 0. The third-order valence-electron chi connectivity index (χ3n) is 1.79. The van der Waals surface area contributed by atoms with Gasteiger partial charge < -0.3 is 0 Å². The lowest BCUT2D eigenvalue weighted by molar-refractivity contribution is -0.116. The Morgan fingerprint density at radius 3 is 3.06 bits per heavy atom. The zero-order valence-electron chi connectivity index (χ0n) is 8.62. The summed E-state index contributed by atoms with van der Waals surface area (Å²) in [4.78, 5) is 15.3. The number of hydrogen-bond donors (Lipinski definition) is 1. The average Bonchev–Trinajstić information content (AvgIpc) is 2.89. The van der Waals surface area contributed by atoms with Gasteiger partial charge in [-0.05, 0) is 6.42 Å². The average molecular weight is 238 g/mol. The van der Waals surface area contributed by atoms with Gasteiger partial charge in [0.1, 0.15) is 24.2 Å². The Kier molecular flexibility index (Phi) is 3.20. The van der Waals surface area contributed by atoms with Gasteiger partial charge in [-0.15, -0.1) is 10.2 Å². The van der Waals surface area contributed by atoms with E-state index in [0.29, 0.717) is 5.13 Å². The highest BCUT2D eigenvalue weighted by atomic mass is 32.1. The summed E-state index contributed by atoms with van der Waals surface area (Å²) in [5, 5.41) is 15.6. The Hall–Kier alpha value is -1.83. The zero-order valence-corrected chi connectivity index (χ0v) is 9.44. The van der Waals surface area contributed by atoms with Crippen LogP contribution in [0.3, 0.4) is 0 Å². The van der Waals surface area contributed by atoms with E-state index in [1.807, 2.05) is 6.92 Å². The van der Waals surface area contributed by atoms with Gasteiger partial charge in [0.15, 0.2) is 0 Å². The van der Waals surface area contributed by atoms with E-state index in [1.54, 1.807) is 0 Å². The standard InChI is InChI=1S/C8H10N6OS/c1-2-7-12-13-8(16-7)11-6(15)3-14-5-9-4-10-14/h4-5H,2-3H2,1H3,(H,11,13,15). The van der Waals surface area contributed by atoms with Crippen LogP contribution in [0.25, 0.3) is 0 Å². The van der Waals surface area contributed by atoms with Crippen LogP contribution in [-0.4, -0.2) is 30.9 Å². The highest BCUT2D eigenvalue weighted by molar-refractivity contribution is 7.15. The van der Waals surface area contributed by atoms with Crippen molar-refractivity contribution in [1.29, 1.82) is 0 Å². The smallest absolute Gasteiger partial charge is 0.247 e. The Labute approximate surface area is 95.5 Å². The van der Waals surface area contributed by atoms with Crippen molar-refractivity contribution in [2.45, 2.75) is 19.9 Å². The highest BCUT2D eigenvalue weighted by Gasteiger charge is 2.07. The van der Waals surface area contributed by atoms with Crippen LogP contribution >= 0.6 is 11.3 Å². The van der Waals surface area contributed by atoms with E-state index in [1.165, 1.54) is 28.7 Å². The summed E-state index contributed by atoms with van der Waals surface area (Å²) in [6.45, 7) is 2.11. The Morgan fingerprint density at radius 1 is 1.56 bits per heavy atom. The summed E-state index contributed by atoms with van der Waals surface area (Å²) in [6.07, 6.45) is 3.68. The number of aryl methyl sites for hydroxylation is 1. The quantitative estimate of drug-likeness (QED) is 0.829.